The molecular formula is C11H11N3O3S. The maximum absolute atomic E-state index is 11.7. The molecule has 18 heavy (non-hydrogen) atoms. The maximum atomic E-state index is 11.7. The molecule has 0 aliphatic carbocycles. The van der Waals surface area contributed by atoms with E-state index in [0.717, 1.165) is 0 Å². The Balaban J connectivity index is 2.11. The zero-order valence-electron chi connectivity index (χ0n) is 9.59. The molecule has 0 N–H and O–H groups in total. The first-order valence-corrected chi connectivity index (χ1v) is 6.50. The Labute approximate surface area is 105 Å². The molecule has 0 bridgehead atoms. The van der Waals surface area contributed by atoms with Crippen LogP contribution in [0.15, 0.2) is 52.8 Å². The van der Waals surface area contributed by atoms with Crippen molar-refractivity contribution in [2.75, 3.05) is 0 Å². The van der Waals surface area contributed by atoms with Gasteiger partial charge in [-0.15, -0.1) is 0 Å². The summed E-state index contributed by atoms with van der Waals surface area (Å²) in [4.78, 5) is 4.00. The zero-order valence-corrected chi connectivity index (χ0v) is 10.4. The summed E-state index contributed by atoms with van der Waals surface area (Å²) >= 11 is 0. The van der Waals surface area contributed by atoms with Crippen molar-refractivity contribution in [3.63, 3.8) is 0 Å². The molecule has 2 aromatic rings. The monoisotopic (exact) mass is 265 g/mol. The van der Waals surface area contributed by atoms with Crippen LogP contribution in [0, 0.1) is 0 Å². The minimum Gasteiger partial charge on any atom is -0.333 e. The van der Waals surface area contributed by atoms with Crippen molar-refractivity contribution in [3.05, 3.63) is 48.5 Å². The second kappa shape index (κ2) is 5.01. The largest absolute Gasteiger partial charge is 0.358 e. The minimum atomic E-state index is -3.86. The van der Waals surface area contributed by atoms with E-state index in [-0.39, 0.29) is 4.90 Å². The maximum Gasteiger partial charge on any atom is 0.358 e. The number of nitrogens with zero attached hydrogens (tertiary/aromatic N) is 3. The van der Waals surface area contributed by atoms with Gasteiger partial charge >= 0.3 is 10.1 Å². The molecule has 0 aliphatic heterocycles. The second-order valence-corrected chi connectivity index (χ2v) is 5.00. The Morgan fingerprint density at radius 1 is 1.33 bits per heavy atom. The molecule has 0 spiro atoms. The van der Waals surface area contributed by atoms with E-state index in [2.05, 4.69) is 14.4 Å². The fourth-order valence-corrected chi connectivity index (χ4v) is 1.99. The van der Waals surface area contributed by atoms with Crippen molar-refractivity contribution in [2.24, 2.45) is 12.2 Å². The number of rotatable bonds is 4. The third-order valence-electron chi connectivity index (χ3n) is 2.20. The number of aromatic nitrogens is 2. The summed E-state index contributed by atoms with van der Waals surface area (Å²) in [7, 11) is -2.10. The van der Waals surface area contributed by atoms with Crippen LogP contribution >= 0.6 is 0 Å². The molecule has 0 fully saturated rings. The normalized spacial score (nSPS) is 11.8. The first-order chi connectivity index (χ1) is 8.59. The molecule has 6 nitrogen and oxygen atoms in total. The third-order valence-corrected chi connectivity index (χ3v) is 3.33. The molecule has 0 radical (unpaired) electrons. The van der Waals surface area contributed by atoms with Crippen LogP contribution in [0.3, 0.4) is 0 Å². The number of oxime groups is 1. The first-order valence-electron chi connectivity index (χ1n) is 5.09. The van der Waals surface area contributed by atoms with Crippen molar-refractivity contribution in [1.82, 2.24) is 9.55 Å². The highest BCUT2D eigenvalue weighted by Crippen LogP contribution is 2.11. The smallest absolute Gasteiger partial charge is 0.333 e. The Hall–Kier alpha value is -2.15. The first kappa shape index (κ1) is 12.3. The number of imidazole rings is 1. The van der Waals surface area contributed by atoms with E-state index in [1.165, 1.54) is 18.3 Å². The summed E-state index contributed by atoms with van der Waals surface area (Å²) in [6.07, 6.45) is 4.53. The van der Waals surface area contributed by atoms with Gasteiger partial charge in [0.1, 0.15) is 11.1 Å². The summed E-state index contributed by atoms with van der Waals surface area (Å²) < 4.78 is 29.6. The molecule has 1 aromatic carbocycles. The van der Waals surface area contributed by atoms with Crippen LogP contribution < -0.4 is 0 Å². The van der Waals surface area contributed by atoms with E-state index in [4.69, 9.17) is 0 Å². The van der Waals surface area contributed by atoms with Crippen LogP contribution in [-0.2, 0) is 21.4 Å². The number of benzene rings is 1. The van der Waals surface area contributed by atoms with Crippen LogP contribution in [0.5, 0.6) is 0 Å². The topological polar surface area (TPSA) is 73.5 Å². The summed E-state index contributed by atoms with van der Waals surface area (Å²) in [6.45, 7) is 0. The van der Waals surface area contributed by atoms with Crippen LogP contribution in [0.2, 0.25) is 0 Å². The van der Waals surface area contributed by atoms with Gasteiger partial charge in [0.25, 0.3) is 0 Å². The molecule has 2 rings (SSSR count). The van der Waals surface area contributed by atoms with Crippen LogP contribution in [0.4, 0.5) is 0 Å². The molecule has 1 heterocycles. The van der Waals surface area contributed by atoms with Gasteiger partial charge in [-0.3, -0.25) is 4.28 Å². The van der Waals surface area contributed by atoms with Crippen LogP contribution in [0.25, 0.3) is 0 Å². The predicted octanol–water partition coefficient (Wildman–Crippen LogP) is 1.16. The van der Waals surface area contributed by atoms with E-state index in [0.29, 0.717) is 5.82 Å². The van der Waals surface area contributed by atoms with Crippen LogP contribution in [-0.4, -0.2) is 24.2 Å². The summed E-state index contributed by atoms with van der Waals surface area (Å²) in [5.74, 6) is 0.498. The van der Waals surface area contributed by atoms with Gasteiger partial charge in [-0.2, -0.15) is 8.42 Å². The molecule has 7 heteroatoms. The average Bonchev–Trinajstić information content (AvgIpc) is 2.76. The highest BCUT2D eigenvalue weighted by Gasteiger charge is 2.14. The third kappa shape index (κ3) is 2.75. The quantitative estimate of drug-likeness (QED) is 0.614. The SMILES string of the molecule is Cn1ccnc1/C=N/OS(=O)(=O)c1ccccc1. The molecule has 0 atom stereocenters. The average molecular weight is 265 g/mol. The Kier molecular flexibility index (Phi) is 3.42. The summed E-state index contributed by atoms with van der Waals surface area (Å²) in [5, 5.41) is 3.43. The van der Waals surface area contributed by atoms with Crippen molar-refractivity contribution in [2.45, 2.75) is 4.90 Å². The van der Waals surface area contributed by atoms with Gasteiger partial charge in [0.2, 0.25) is 0 Å². The molecular weight excluding hydrogens is 254 g/mol. The number of hydrogen-bond donors (Lipinski definition) is 0. The molecule has 94 valence electrons. The molecule has 0 saturated carbocycles. The minimum absolute atomic E-state index is 0.0574. The fraction of sp³-hybridized carbons (Fsp3) is 0.0909. The lowest BCUT2D eigenvalue weighted by atomic mass is 10.4. The Morgan fingerprint density at radius 2 is 2.06 bits per heavy atom. The zero-order chi connectivity index (χ0) is 13.0. The summed E-state index contributed by atoms with van der Waals surface area (Å²) in [6, 6.07) is 7.81. The Bertz CT molecular complexity index is 647. The highest BCUT2D eigenvalue weighted by atomic mass is 32.2. The van der Waals surface area contributed by atoms with Gasteiger partial charge < -0.3 is 4.57 Å². The van der Waals surface area contributed by atoms with Gasteiger partial charge in [0.15, 0.2) is 5.82 Å². The number of hydrogen-bond acceptors (Lipinski definition) is 5. The Morgan fingerprint density at radius 3 is 2.67 bits per heavy atom. The van der Waals surface area contributed by atoms with Gasteiger partial charge in [0.05, 0.1) is 0 Å². The lowest BCUT2D eigenvalue weighted by molar-refractivity contribution is 0.340. The molecule has 1 aromatic heterocycles. The van der Waals surface area contributed by atoms with Crippen molar-refractivity contribution >= 4 is 16.3 Å². The van der Waals surface area contributed by atoms with Crippen molar-refractivity contribution < 1.29 is 12.7 Å². The summed E-state index contributed by atoms with van der Waals surface area (Å²) in [5.41, 5.74) is 0. The molecule has 0 aliphatic rings. The standard InChI is InChI=1S/C11H11N3O3S/c1-14-8-7-12-11(14)9-13-17-18(15,16)10-5-3-2-4-6-10/h2-9H,1H3/b13-9+. The van der Waals surface area contributed by atoms with E-state index in [1.807, 2.05) is 0 Å². The van der Waals surface area contributed by atoms with Crippen molar-refractivity contribution in [3.8, 4) is 0 Å². The molecule has 0 unspecified atom stereocenters. The van der Waals surface area contributed by atoms with E-state index >= 15 is 0 Å². The van der Waals surface area contributed by atoms with E-state index in [1.54, 1.807) is 42.2 Å². The van der Waals surface area contributed by atoms with E-state index < -0.39 is 10.1 Å². The lowest BCUT2D eigenvalue weighted by Gasteiger charge is -2.00. The van der Waals surface area contributed by atoms with E-state index in [9.17, 15) is 8.42 Å². The van der Waals surface area contributed by atoms with Crippen molar-refractivity contribution in [1.29, 1.82) is 0 Å². The molecule has 0 saturated heterocycles. The second-order valence-electron chi connectivity index (χ2n) is 3.47. The lowest BCUT2D eigenvalue weighted by Crippen LogP contribution is -2.03. The van der Waals surface area contributed by atoms with Gasteiger partial charge in [-0.05, 0) is 12.1 Å². The number of aryl methyl sites for hydroxylation is 1. The molecule has 0 amide bonds. The van der Waals surface area contributed by atoms with Gasteiger partial charge in [-0.1, -0.05) is 23.4 Å². The fourth-order valence-electron chi connectivity index (χ4n) is 1.26. The predicted molar refractivity (Wildman–Crippen MR) is 65.5 cm³/mol. The highest BCUT2D eigenvalue weighted by molar-refractivity contribution is 7.86. The van der Waals surface area contributed by atoms with Crippen LogP contribution in [0.1, 0.15) is 5.82 Å². The van der Waals surface area contributed by atoms with Gasteiger partial charge in [-0.25, -0.2) is 4.98 Å². The van der Waals surface area contributed by atoms with Gasteiger partial charge in [0, 0.05) is 19.4 Å².